The minimum absolute atomic E-state index is 0.201. The molecule has 4 heteroatoms. The second kappa shape index (κ2) is 35.9. The molecule has 48 heavy (non-hydrogen) atoms. The van der Waals surface area contributed by atoms with Crippen molar-refractivity contribution in [2.75, 3.05) is 0 Å². The van der Waals surface area contributed by atoms with Gasteiger partial charge >= 0.3 is 5.97 Å². The highest BCUT2D eigenvalue weighted by Gasteiger charge is 2.44. The average molecular weight is 679 g/mol. The molecule has 0 saturated heterocycles. The van der Waals surface area contributed by atoms with E-state index in [1.54, 1.807) is 0 Å². The van der Waals surface area contributed by atoms with E-state index in [0.717, 1.165) is 64.2 Å². The first-order valence-electron chi connectivity index (χ1n) is 21.9. The predicted molar refractivity (Wildman–Crippen MR) is 209 cm³/mol. The monoisotopic (exact) mass is 679 g/mol. The minimum atomic E-state index is -1.98. The number of ether oxygens (including phenoxy) is 1. The summed E-state index contributed by atoms with van der Waals surface area (Å²) in [7, 11) is 0. The second-order valence-electron chi connectivity index (χ2n) is 15.3. The lowest BCUT2D eigenvalue weighted by molar-refractivity contribution is -0.176. The van der Waals surface area contributed by atoms with Gasteiger partial charge in [0.2, 0.25) is 5.60 Å². The normalized spacial score (nSPS) is 13.4. The zero-order valence-electron chi connectivity index (χ0n) is 33.2. The molecule has 4 nitrogen and oxygen atoms in total. The number of carbonyl (C=O) groups excluding carboxylic acids is 2. The molecule has 0 fully saturated rings. The first-order valence-corrected chi connectivity index (χ1v) is 21.9. The molecule has 0 aliphatic carbocycles. The van der Waals surface area contributed by atoms with Crippen molar-refractivity contribution in [3.05, 3.63) is 0 Å². The molecule has 0 aromatic heterocycles. The Morgan fingerprint density at radius 2 is 0.771 bits per heavy atom. The van der Waals surface area contributed by atoms with E-state index in [1.165, 1.54) is 148 Å². The van der Waals surface area contributed by atoms with Crippen molar-refractivity contribution < 1.29 is 19.4 Å². The molecular formula is C44H86O4. The van der Waals surface area contributed by atoms with Crippen molar-refractivity contribution in [2.24, 2.45) is 0 Å². The Kier molecular flexibility index (Phi) is 35.2. The summed E-state index contributed by atoms with van der Waals surface area (Å²) in [6.07, 6.45) is 41.6. The van der Waals surface area contributed by atoms with E-state index in [4.69, 9.17) is 4.74 Å². The van der Waals surface area contributed by atoms with Gasteiger partial charge in [-0.15, -0.1) is 0 Å². The van der Waals surface area contributed by atoms with Crippen LogP contribution in [0.5, 0.6) is 0 Å². The maximum atomic E-state index is 13.4. The summed E-state index contributed by atoms with van der Waals surface area (Å²) in [4.78, 5) is 26.7. The van der Waals surface area contributed by atoms with Crippen molar-refractivity contribution in [1.82, 2.24) is 0 Å². The number of hydrogen-bond acceptors (Lipinski definition) is 4. The molecule has 0 aromatic carbocycles. The lowest BCUT2D eigenvalue weighted by atomic mass is 9.88. The first kappa shape index (κ1) is 47.1. The zero-order chi connectivity index (χ0) is 35.4. The Labute approximate surface area is 301 Å². The van der Waals surface area contributed by atoms with Crippen molar-refractivity contribution in [2.45, 2.75) is 271 Å². The Hall–Kier alpha value is -0.900. The third-order valence-corrected chi connectivity index (χ3v) is 10.6. The van der Waals surface area contributed by atoms with Crippen molar-refractivity contribution in [3.8, 4) is 0 Å². The van der Waals surface area contributed by atoms with Gasteiger partial charge in [0.1, 0.15) is 6.10 Å². The molecule has 0 heterocycles. The summed E-state index contributed by atoms with van der Waals surface area (Å²) in [5.74, 6) is -1.01. The fourth-order valence-electron chi connectivity index (χ4n) is 7.01. The van der Waals surface area contributed by atoms with E-state index in [2.05, 4.69) is 20.8 Å². The van der Waals surface area contributed by atoms with E-state index in [0.29, 0.717) is 6.42 Å². The summed E-state index contributed by atoms with van der Waals surface area (Å²) >= 11 is 0. The zero-order valence-corrected chi connectivity index (χ0v) is 33.2. The second-order valence-corrected chi connectivity index (χ2v) is 15.3. The van der Waals surface area contributed by atoms with Gasteiger partial charge < -0.3 is 9.84 Å². The smallest absolute Gasteiger partial charge is 0.346 e. The van der Waals surface area contributed by atoms with Crippen LogP contribution in [0.15, 0.2) is 0 Å². The lowest BCUT2D eigenvalue weighted by Crippen LogP contribution is -2.49. The molecule has 2 atom stereocenters. The van der Waals surface area contributed by atoms with Gasteiger partial charge in [-0.05, 0) is 38.5 Å². The molecule has 0 aliphatic rings. The molecule has 0 saturated carbocycles. The Bertz CT molecular complexity index is 691. The van der Waals surface area contributed by atoms with Gasteiger partial charge in [0.25, 0.3) is 0 Å². The molecule has 1 N–H and O–H groups in total. The largest absolute Gasteiger partial charge is 0.460 e. The van der Waals surface area contributed by atoms with Crippen LogP contribution in [0, 0.1) is 0 Å². The average Bonchev–Trinajstić information content (AvgIpc) is 3.09. The number of rotatable bonds is 39. The van der Waals surface area contributed by atoms with Crippen LogP contribution >= 0.6 is 0 Å². The molecule has 286 valence electrons. The van der Waals surface area contributed by atoms with Crippen LogP contribution in [0.4, 0.5) is 0 Å². The standard InChI is InChI=1S/C44H86O4/c1-5-9-12-14-16-18-20-22-24-25-27-29-31-33-36-39-42(45)44(47,43(46)48-41(8-4)38-35-11-7-3)40-37-34-32-30-28-26-23-21-19-17-15-13-10-6-2/h41,47H,5-40H2,1-4H3. The van der Waals surface area contributed by atoms with Crippen LogP contribution in [0.1, 0.15) is 259 Å². The fraction of sp³-hybridized carbons (Fsp3) is 0.955. The third kappa shape index (κ3) is 27.9. The van der Waals surface area contributed by atoms with E-state index in [9.17, 15) is 14.7 Å². The fourth-order valence-corrected chi connectivity index (χ4v) is 7.01. The number of carbonyl (C=O) groups is 2. The lowest BCUT2D eigenvalue weighted by Gasteiger charge is -2.27. The first-order chi connectivity index (χ1) is 23.5. The number of hydrogen-bond donors (Lipinski definition) is 1. The SMILES string of the molecule is CCCCCCCCCCCCCCCCCC(=O)C(O)(CCCCCCCCCCCCCCCC)C(=O)OC(CC)CCCCC. The van der Waals surface area contributed by atoms with Crippen molar-refractivity contribution in [3.63, 3.8) is 0 Å². The molecule has 0 bridgehead atoms. The highest BCUT2D eigenvalue weighted by Crippen LogP contribution is 2.25. The van der Waals surface area contributed by atoms with Crippen molar-refractivity contribution >= 4 is 11.8 Å². The number of Topliss-reactive ketones (excluding diaryl/α,β-unsaturated/α-hetero) is 1. The van der Waals surface area contributed by atoms with Crippen molar-refractivity contribution in [1.29, 1.82) is 0 Å². The summed E-state index contributed by atoms with van der Waals surface area (Å²) < 4.78 is 5.82. The van der Waals surface area contributed by atoms with Crippen LogP contribution in [0.3, 0.4) is 0 Å². The highest BCUT2D eigenvalue weighted by molar-refractivity contribution is 6.06. The van der Waals surface area contributed by atoms with Crippen LogP contribution in [0.25, 0.3) is 0 Å². The van der Waals surface area contributed by atoms with Crippen LogP contribution in [0.2, 0.25) is 0 Å². The maximum Gasteiger partial charge on any atom is 0.346 e. The third-order valence-electron chi connectivity index (χ3n) is 10.6. The van der Waals surface area contributed by atoms with E-state index >= 15 is 0 Å². The van der Waals surface area contributed by atoms with Gasteiger partial charge in [-0.1, -0.05) is 214 Å². The molecule has 0 aliphatic heterocycles. The topological polar surface area (TPSA) is 63.6 Å². The molecular weight excluding hydrogens is 592 g/mol. The number of aliphatic hydroxyl groups is 1. The maximum absolute atomic E-state index is 13.4. The van der Waals surface area contributed by atoms with E-state index in [-0.39, 0.29) is 24.7 Å². The van der Waals surface area contributed by atoms with Crippen LogP contribution < -0.4 is 0 Å². The summed E-state index contributed by atoms with van der Waals surface area (Å²) in [6, 6.07) is 0. The van der Waals surface area contributed by atoms with Crippen LogP contribution in [-0.2, 0) is 14.3 Å². The molecule has 0 radical (unpaired) electrons. The quantitative estimate of drug-likeness (QED) is 0.0399. The molecule has 2 unspecified atom stereocenters. The Morgan fingerprint density at radius 3 is 1.12 bits per heavy atom. The molecule has 0 amide bonds. The highest BCUT2D eigenvalue weighted by atomic mass is 16.6. The number of ketones is 1. The summed E-state index contributed by atoms with van der Waals surface area (Å²) in [6.45, 7) is 8.74. The Balaban J connectivity index is 4.40. The summed E-state index contributed by atoms with van der Waals surface area (Å²) in [5.41, 5.74) is -1.98. The van der Waals surface area contributed by atoms with Gasteiger partial charge in [-0.3, -0.25) is 4.79 Å². The van der Waals surface area contributed by atoms with Gasteiger partial charge in [0, 0.05) is 6.42 Å². The minimum Gasteiger partial charge on any atom is -0.460 e. The van der Waals surface area contributed by atoms with Gasteiger partial charge in [0.05, 0.1) is 0 Å². The van der Waals surface area contributed by atoms with E-state index < -0.39 is 11.6 Å². The molecule has 0 spiro atoms. The van der Waals surface area contributed by atoms with Gasteiger partial charge in [-0.2, -0.15) is 0 Å². The Morgan fingerprint density at radius 1 is 0.458 bits per heavy atom. The number of esters is 1. The molecule has 0 aromatic rings. The van der Waals surface area contributed by atoms with Gasteiger partial charge in [-0.25, -0.2) is 4.79 Å². The summed E-state index contributed by atoms with van der Waals surface area (Å²) in [5, 5.41) is 11.5. The number of unbranched alkanes of at least 4 members (excludes halogenated alkanes) is 29. The van der Waals surface area contributed by atoms with Gasteiger partial charge in [0.15, 0.2) is 5.78 Å². The predicted octanol–water partition coefficient (Wildman–Crippen LogP) is 14.3. The molecule has 0 rings (SSSR count). The van der Waals surface area contributed by atoms with E-state index in [1.807, 2.05) is 6.92 Å². The van der Waals surface area contributed by atoms with Crippen LogP contribution in [-0.4, -0.2) is 28.6 Å².